The van der Waals surface area contributed by atoms with Gasteiger partial charge in [-0.3, -0.25) is 9.98 Å². The first-order valence-corrected chi connectivity index (χ1v) is 8.91. The highest BCUT2D eigenvalue weighted by atomic mass is 127. The Hall–Kier alpha value is -1.09. The van der Waals surface area contributed by atoms with Gasteiger partial charge >= 0.3 is 0 Å². The Morgan fingerprint density at radius 1 is 1.24 bits per heavy atom. The minimum absolute atomic E-state index is 0. The Morgan fingerprint density at radius 3 is 2.52 bits per heavy atom. The summed E-state index contributed by atoms with van der Waals surface area (Å²) in [5.41, 5.74) is -0.710. The van der Waals surface area contributed by atoms with E-state index in [2.05, 4.69) is 34.5 Å². The van der Waals surface area contributed by atoms with Crippen molar-refractivity contribution in [1.82, 2.24) is 15.6 Å². The molecule has 0 atom stereocenters. The second kappa shape index (κ2) is 14.1. The van der Waals surface area contributed by atoms with Crippen LogP contribution in [-0.2, 0) is 0 Å². The summed E-state index contributed by atoms with van der Waals surface area (Å²) in [4.78, 5) is 8.55. The number of aliphatic imine (C=N–C) groups is 1. The monoisotopic (exact) mass is 464 g/mol. The Labute approximate surface area is 168 Å². The number of hydrogen-bond acceptors (Lipinski definition) is 4. The van der Waals surface area contributed by atoms with E-state index >= 15 is 0 Å². The Morgan fingerprint density at radius 2 is 1.96 bits per heavy atom. The number of guanidine groups is 1. The summed E-state index contributed by atoms with van der Waals surface area (Å²) in [5, 5.41) is 17.1. The molecule has 0 aliphatic carbocycles. The number of aromatic nitrogens is 1. The lowest BCUT2D eigenvalue weighted by Gasteiger charge is -2.26. The molecular formula is C18H33IN4O2. The molecule has 1 rings (SSSR count). The van der Waals surface area contributed by atoms with Gasteiger partial charge in [0.1, 0.15) is 12.4 Å². The lowest BCUT2D eigenvalue weighted by molar-refractivity contribution is 0.0306. The molecule has 0 unspecified atom stereocenters. The van der Waals surface area contributed by atoms with Crippen LogP contribution in [0.1, 0.15) is 46.5 Å². The van der Waals surface area contributed by atoms with E-state index in [0.29, 0.717) is 25.7 Å². The van der Waals surface area contributed by atoms with Gasteiger partial charge in [0.25, 0.3) is 0 Å². The average Bonchev–Trinajstić information content (AvgIpc) is 2.58. The molecular weight excluding hydrogens is 431 g/mol. The molecule has 7 heteroatoms. The summed E-state index contributed by atoms with van der Waals surface area (Å²) < 4.78 is 5.60. The van der Waals surface area contributed by atoms with E-state index in [9.17, 15) is 5.11 Å². The van der Waals surface area contributed by atoms with Crippen LogP contribution in [0.5, 0.6) is 5.75 Å². The van der Waals surface area contributed by atoms with Crippen molar-refractivity contribution >= 4 is 29.9 Å². The van der Waals surface area contributed by atoms with E-state index in [4.69, 9.17) is 4.74 Å². The van der Waals surface area contributed by atoms with Crippen LogP contribution in [0.2, 0.25) is 0 Å². The van der Waals surface area contributed by atoms with Gasteiger partial charge in [0.2, 0.25) is 0 Å². The number of pyridine rings is 1. The predicted molar refractivity (Wildman–Crippen MR) is 114 cm³/mol. The van der Waals surface area contributed by atoms with Gasteiger partial charge in [-0.15, -0.1) is 24.0 Å². The smallest absolute Gasteiger partial charge is 0.191 e. The summed E-state index contributed by atoms with van der Waals surface area (Å²) in [6.45, 7) is 8.52. The molecule has 0 aliphatic heterocycles. The summed E-state index contributed by atoms with van der Waals surface area (Å²) in [7, 11) is 0. The van der Waals surface area contributed by atoms with Crippen molar-refractivity contribution in [1.29, 1.82) is 0 Å². The quantitative estimate of drug-likeness (QED) is 0.203. The summed E-state index contributed by atoms with van der Waals surface area (Å²) in [6.07, 6.45) is 6.86. The first-order chi connectivity index (χ1) is 11.6. The number of aliphatic hydroxyl groups is 1. The average molecular weight is 464 g/mol. The fourth-order valence-electron chi connectivity index (χ4n) is 2.55. The molecule has 144 valence electrons. The van der Waals surface area contributed by atoms with Crippen molar-refractivity contribution < 1.29 is 9.84 Å². The molecule has 1 aromatic rings. The van der Waals surface area contributed by atoms with Crippen molar-refractivity contribution in [3.05, 3.63) is 24.5 Å². The van der Waals surface area contributed by atoms with Crippen LogP contribution in [0.4, 0.5) is 0 Å². The Kier molecular flexibility index (Phi) is 13.5. The van der Waals surface area contributed by atoms with Gasteiger partial charge in [-0.2, -0.15) is 0 Å². The van der Waals surface area contributed by atoms with Crippen LogP contribution < -0.4 is 15.4 Å². The molecule has 0 saturated carbocycles. The maximum atomic E-state index is 10.7. The fraction of sp³-hybridized carbons (Fsp3) is 0.667. The van der Waals surface area contributed by atoms with E-state index < -0.39 is 5.60 Å². The van der Waals surface area contributed by atoms with E-state index in [1.54, 1.807) is 12.4 Å². The van der Waals surface area contributed by atoms with Gasteiger partial charge in [-0.1, -0.05) is 26.7 Å². The minimum atomic E-state index is -0.710. The van der Waals surface area contributed by atoms with E-state index in [1.165, 1.54) is 0 Å². The molecule has 0 amide bonds. The fourth-order valence-corrected chi connectivity index (χ4v) is 2.55. The maximum Gasteiger partial charge on any atom is 0.191 e. The van der Waals surface area contributed by atoms with Gasteiger partial charge in [-0.25, -0.2) is 0 Å². The van der Waals surface area contributed by atoms with Crippen LogP contribution >= 0.6 is 24.0 Å². The van der Waals surface area contributed by atoms with Crippen LogP contribution in [0, 0.1) is 0 Å². The van der Waals surface area contributed by atoms with Gasteiger partial charge < -0.3 is 20.5 Å². The highest BCUT2D eigenvalue weighted by Crippen LogP contribution is 2.19. The molecule has 0 fully saturated rings. The highest BCUT2D eigenvalue weighted by molar-refractivity contribution is 14.0. The molecule has 1 aromatic heterocycles. The van der Waals surface area contributed by atoms with Crippen molar-refractivity contribution in [2.75, 3.05) is 26.2 Å². The summed E-state index contributed by atoms with van der Waals surface area (Å²) in [5.74, 6) is 1.46. The van der Waals surface area contributed by atoms with Crippen LogP contribution in [0.15, 0.2) is 29.5 Å². The zero-order valence-corrected chi connectivity index (χ0v) is 18.0. The molecule has 0 aliphatic rings. The largest absolute Gasteiger partial charge is 0.490 e. The number of nitrogens with zero attached hydrogens (tertiary/aromatic N) is 2. The second-order valence-electron chi connectivity index (χ2n) is 5.88. The standard InChI is InChI=1S/C18H32N4O2.HI/c1-4-9-18(23,10-5-2)15-22-17(20-6-3)21-12-13-24-16-8-7-11-19-14-16;/h7-8,11,14,23H,4-6,9-10,12-13,15H2,1-3H3,(H2,20,21,22);1H. The van der Waals surface area contributed by atoms with Gasteiger partial charge in [-0.05, 0) is 31.9 Å². The molecule has 6 nitrogen and oxygen atoms in total. The van der Waals surface area contributed by atoms with Crippen LogP contribution in [0.25, 0.3) is 0 Å². The molecule has 0 bridgehead atoms. The number of nitrogens with one attached hydrogen (secondary N) is 2. The lowest BCUT2D eigenvalue weighted by Crippen LogP contribution is -2.41. The molecule has 1 heterocycles. The Bertz CT molecular complexity index is 465. The van der Waals surface area contributed by atoms with Crippen LogP contribution in [-0.4, -0.2) is 47.9 Å². The van der Waals surface area contributed by atoms with Crippen molar-refractivity contribution in [3.63, 3.8) is 0 Å². The zero-order valence-electron chi connectivity index (χ0n) is 15.6. The molecule has 0 saturated heterocycles. The number of halogens is 1. The first-order valence-electron chi connectivity index (χ1n) is 8.91. The molecule has 25 heavy (non-hydrogen) atoms. The maximum absolute atomic E-state index is 10.7. The first kappa shape index (κ1) is 23.9. The summed E-state index contributed by atoms with van der Waals surface area (Å²) in [6, 6.07) is 3.72. The number of hydrogen-bond donors (Lipinski definition) is 3. The normalized spacial score (nSPS) is 11.6. The minimum Gasteiger partial charge on any atom is -0.490 e. The third-order valence-corrected chi connectivity index (χ3v) is 3.60. The van der Waals surface area contributed by atoms with Gasteiger partial charge in [0, 0.05) is 12.7 Å². The van der Waals surface area contributed by atoms with Gasteiger partial charge in [0.15, 0.2) is 5.96 Å². The molecule has 0 aromatic carbocycles. The summed E-state index contributed by atoms with van der Waals surface area (Å²) >= 11 is 0. The lowest BCUT2D eigenvalue weighted by atomic mass is 9.93. The third kappa shape index (κ3) is 10.5. The van der Waals surface area contributed by atoms with E-state index in [0.717, 1.165) is 38.0 Å². The van der Waals surface area contributed by atoms with Crippen LogP contribution in [0.3, 0.4) is 0 Å². The SMILES string of the molecule is CCCC(O)(CCC)CN=C(NCC)NCCOc1cccnc1.I. The molecule has 0 radical (unpaired) electrons. The van der Waals surface area contributed by atoms with E-state index in [1.807, 2.05) is 19.1 Å². The van der Waals surface area contributed by atoms with Crippen molar-refractivity contribution in [2.24, 2.45) is 4.99 Å². The topological polar surface area (TPSA) is 78.8 Å². The van der Waals surface area contributed by atoms with Crippen molar-refractivity contribution in [3.8, 4) is 5.75 Å². The van der Waals surface area contributed by atoms with Crippen molar-refractivity contribution in [2.45, 2.75) is 52.1 Å². The highest BCUT2D eigenvalue weighted by Gasteiger charge is 2.24. The number of rotatable bonds is 11. The zero-order chi connectivity index (χ0) is 17.7. The molecule has 3 N–H and O–H groups in total. The predicted octanol–water partition coefficient (Wildman–Crippen LogP) is 2.96. The van der Waals surface area contributed by atoms with E-state index in [-0.39, 0.29) is 24.0 Å². The Balaban J connectivity index is 0.00000576. The molecule has 0 spiro atoms. The third-order valence-electron chi connectivity index (χ3n) is 3.60. The second-order valence-corrected chi connectivity index (χ2v) is 5.88. The number of ether oxygens (including phenoxy) is 1. The van der Waals surface area contributed by atoms with Gasteiger partial charge in [0.05, 0.1) is 24.9 Å².